The minimum absolute atomic E-state index is 0.0570. The van der Waals surface area contributed by atoms with Crippen molar-refractivity contribution < 1.29 is 28.9 Å². The molecule has 0 unspecified atom stereocenters. The predicted molar refractivity (Wildman–Crippen MR) is 162 cm³/mol. The molecule has 2 fully saturated rings. The highest BCUT2D eigenvalue weighted by atomic mass is 19.1. The Morgan fingerprint density at radius 1 is 1.10 bits per heavy atom. The maximum atomic E-state index is 15.1. The van der Waals surface area contributed by atoms with Gasteiger partial charge in [-0.05, 0) is 77.8 Å². The van der Waals surface area contributed by atoms with Gasteiger partial charge < -0.3 is 14.9 Å². The van der Waals surface area contributed by atoms with Crippen molar-refractivity contribution in [3.05, 3.63) is 53.3 Å². The molecule has 4 atom stereocenters. The highest BCUT2D eigenvalue weighted by molar-refractivity contribution is 5.81. The summed E-state index contributed by atoms with van der Waals surface area (Å²) < 4.78 is 21.5. The molecule has 0 amide bonds. The van der Waals surface area contributed by atoms with Crippen LogP contribution < -0.4 is 4.74 Å². The number of halogens is 1. The molecule has 5 nitrogen and oxygen atoms in total. The van der Waals surface area contributed by atoms with Gasteiger partial charge in [-0.25, -0.2) is 4.39 Å². The van der Waals surface area contributed by atoms with Crippen LogP contribution in [0.15, 0.2) is 36.4 Å². The van der Waals surface area contributed by atoms with E-state index in [1.54, 1.807) is 24.3 Å². The van der Waals surface area contributed by atoms with Crippen molar-refractivity contribution in [1.82, 2.24) is 0 Å². The maximum Gasteiger partial charge on any atom is 0.307 e. The monoisotopic (exact) mass is 568 g/mol. The van der Waals surface area contributed by atoms with E-state index in [4.69, 9.17) is 4.74 Å². The summed E-state index contributed by atoms with van der Waals surface area (Å²) in [5.74, 6) is -0.524. The van der Waals surface area contributed by atoms with E-state index in [1.165, 1.54) is 6.07 Å². The summed E-state index contributed by atoms with van der Waals surface area (Å²) >= 11 is 0. The number of ether oxygens (including phenoxy) is 1. The SMILES string of the molecule is CC.CCC(C)(C)C[C@H](C)C(=O)C[C@H]1C[C@H](Oc2ccc(CC(=O)O)cc2-c2cccc(F)c2C2CCC2)C[C@H]1O. The van der Waals surface area contributed by atoms with Crippen LogP contribution in [-0.4, -0.2) is 34.2 Å². The number of aliphatic carboxylic acids is 1. The lowest BCUT2D eigenvalue weighted by atomic mass is 9.76. The van der Waals surface area contributed by atoms with Crippen LogP contribution in [0, 0.1) is 23.1 Å². The zero-order chi connectivity index (χ0) is 30.3. The largest absolute Gasteiger partial charge is 0.490 e. The van der Waals surface area contributed by atoms with Gasteiger partial charge in [0.25, 0.3) is 0 Å². The third-order valence-corrected chi connectivity index (χ3v) is 8.99. The second-order valence-corrected chi connectivity index (χ2v) is 12.6. The number of ketones is 1. The van der Waals surface area contributed by atoms with Gasteiger partial charge in [-0.3, -0.25) is 9.59 Å². The lowest BCUT2D eigenvalue weighted by molar-refractivity contribution is -0.136. The Hall–Kier alpha value is -2.73. The molecule has 0 aromatic heterocycles. The van der Waals surface area contributed by atoms with Crippen molar-refractivity contribution in [3.63, 3.8) is 0 Å². The molecule has 0 spiro atoms. The fraction of sp³-hybridized carbons (Fsp3) is 0.600. The van der Waals surface area contributed by atoms with Gasteiger partial charge in [0.05, 0.1) is 12.5 Å². The molecule has 2 N–H and O–H groups in total. The van der Waals surface area contributed by atoms with Gasteiger partial charge in [0.1, 0.15) is 23.5 Å². The first kappa shape index (κ1) is 32.8. The zero-order valence-electron chi connectivity index (χ0n) is 25.7. The van der Waals surface area contributed by atoms with Crippen LogP contribution in [0.4, 0.5) is 4.39 Å². The van der Waals surface area contributed by atoms with Crippen LogP contribution in [-0.2, 0) is 16.0 Å². The smallest absolute Gasteiger partial charge is 0.307 e. The number of carboxylic acids is 1. The van der Waals surface area contributed by atoms with E-state index >= 15 is 4.39 Å². The van der Waals surface area contributed by atoms with Crippen LogP contribution in [0.3, 0.4) is 0 Å². The first-order valence-corrected chi connectivity index (χ1v) is 15.5. The number of hydrogen-bond acceptors (Lipinski definition) is 4. The molecule has 226 valence electrons. The van der Waals surface area contributed by atoms with E-state index in [1.807, 2.05) is 26.8 Å². The number of carbonyl (C=O) groups excluding carboxylic acids is 1. The zero-order valence-corrected chi connectivity index (χ0v) is 25.7. The Kier molecular flexibility index (Phi) is 11.5. The Balaban J connectivity index is 0.00000226. The van der Waals surface area contributed by atoms with Gasteiger partial charge in [0, 0.05) is 24.3 Å². The minimum Gasteiger partial charge on any atom is -0.490 e. The molecular formula is C35H49FO5. The number of Topliss-reactive ketones (excluding diaryl/α,β-unsaturated/α-hetero) is 1. The fourth-order valence-electron chi connectivity index (χ4n) is 6.15. The number of hydrogen-bond donors (Lipinski definition) is 2. The van der Waals surface area contributed by atoms with Gasteiger partial charge in [-0.15, -0.1) is 0 Å². The molecule has 2 aliphatic carbocycles. The van der Waals surface area contributed by atoms with Crippen LogP contribution in [0.1, 0.15) is 110 Å². The number of aliphatic hydroxyl groups excluding tert-OH is 1. The number of carboxylic acid groups (broad SMARTS) is 1. The summed E-state index contributed by atoms with van der Waals surface area (Å²) in [6, 6.07) is 10.3. The molecular weight excluding hydrogens is 519 g/mol. The Labute approximate surface area is 245 Å². The standard InChI is InChI=1S/C33H43FO5.C2H6/c1-5-33(3,4)19-20(2)28(35)17-23-16-24(18-29(23)36)39-30-13-12-21(15-31(37)38)14-26(30)25-10-7-11-27(34)32(25)22-8-6-9-22;1-2/h7,10-14,20,22-24,29,36H,5-6,8-9,15-19H2,1-4H3,(H,37,38);1-2H3/t20-,23+,24-,29+;/m0./s1. The van der Waals surface area contributed by atoms with E-state index in [0.717, 1.165) is 37.7 Å². The van der Waals surface area contributed by atoms with E-state index in [2.05, 4.69) is 20.8 Å². The highest BCUT2D eigenvalue weighted by Crippen LogP contribution is 2.45. The predicted octanol–water partition coefficient (Wildman–Crippen LogP) is 8.35. The molecule has 2 aromatic carbocycles. The van der Waals surface area contributed by atoms with Gasteiger partial charge in [0.2, 0.25) is 0 Å². The van der Waals surface area contributed by atoms with E-state index < -0.39 is 12.1 Å². The number of rotatable bonds is 12. The van der Waals surface area contributed by atoms with Crippen molar-refractivity contribution in [2.24, 2.45) is 17.3 Å². The quantitative estimate of drug-likeness (QED) is 0.269. The van der Waals surface area contributed by atoms with E-state index in [0.29, 0.717) is 41.7 Å². The molecule has 6 heteroatoms. The molecule has 2 aromatic rings. The average molecular weight is 569 g/mol. The number of carbonyl (C=O) groups is 2. The molecule has 0 heterocycles. The first-order valence-electron chi connectivity index (χ1n) is 15.5. The summed E-state index contributed by atoms with van der Waals surface area (Å²) in [4.78, 5) is 24.4. The molecule has 2 aliphatic rings. The topological polar surface area (TPSA) is 83.8 Å². The van der Waals surface area contributed by atoms with Crippen molar-refractivity contribution in [2.75, 3.05) is 0 Å². The molecule has 41 heavy (non-hydrogen) atoms. The third kappa shape index (κ3) is 8.41. The molecule has 0 radical (unpaired) electrons. The normalized spacial score (nSPS) is 21.4. The maximum absolute atomic E-state index is 15.1. The summed E-state index contributed by atoms with van der Waals surface area (Å²) in [6.45, 7) is 12.5. The molecule has 2 saturated carbocycles. The van der Waals surface area contributed by atoms with Gasteiger partial charge >= 0.3 is 5.97 Å². The summed E-state index contributed by atoms with van der Waals surface area (Å²) in [5, 5.41) is 20.2. The number of benzene rings is 2. The highest BCUT2D eigenvalue weighted by Gasteiger charge is 2.37. The van der Waals surface area contributed by atoms with Crippen molar-refractivity contribution in [2.45, 2.75) is 117 Å². The van der Waals surface area contributed by atoms with Crippen LogP contribution in [0.25, 0.3) is 11.1 Å². The number of aliphatic hydroxyl groups is 1. The lowest BCUT2D eigenvalue weighted by Crippen LogP contribution is -2.24. The Bertz CT molecular complexity index is 1190. The molecule has 4 rings (SSSR count). The Morgan fingerprint density at radius 2 is 1.80 bits per heavy atom. The van der Waals surface area contributed by atoms with Crippen LogP contribution >= 0.6 is 0 Å². The van der Waals surface area contributed by atoms with Crippen LogP contribution in [0.2, 0.25) is 0 Å². The molecule has 0 aliphatic heterocycles. The second kappa shape index (κ2) is 14.4. The minimum atomic E-state index is -0.934. The summed E-state index contributed by atoms with van der Waals surface area (Å²) in [5.41, 5.74) is 2.81. The van der Waals surface area contributed by atoms with E-state index in [9.17, 15) is 19.8 Å². The van der Waals surface area contributed by atoms with Gasteiger partial charge in [-0.2, -0.15) is 0 Å². The lowest BCUT2D eigenvalue weighted by Gasteiger charge is -2.29. The van der Waals surface area contributed by atoms with E-state index in [-0.39, 0.29) is 47.3 Å². The van der Waals surface area contributed by atoms with Crippen molar-refractivity contribution >= 4 is 11.8 Å². The summed E-state index contributed by atoms with van der Waals surface area (Å²) in [7, 11) is 0. The first-order chi connectivity index (χ1) is 19.5. The Morgan fingerprint density at radius 3 is 2.41 bits per heavy atom. The second-order valence-electron chi connectivity index (χ2n) is 12.6. The third-order valence-electron chi connectivity index (χ3n) is 8.99. The molecule has 0 bridgehead atoms. The molecule has 0 saturated heterocycles. The summed E-state index contributed by atoms with van der Waals surface area (Å²) in [6.07, 6.45) is 5.02. The van der Waals surface area contributed by atoms with Gasteiger partial charge in [0.15, 0.2) is 0 Å². The van der Waals surface area contributed by atoms with Crippen molar-refractivity contribution in [3.8, 4) is 16.9 Å². The average Bonchev–Trinajstić information content (AvgIpc) is 3.23. The van der Waals surface area contributed by atoms with Crippen molar-refractivity contribution in [1.29, 1.82) is 0 Å². The van der Waals surface area contributed by atoms with Crippen LogP contribution in [0.5, 0.6) is 5.75 Å². The van der Waals surface area contributed by atoms with Gasteiger partial charge in [-0.1, -0.05) is 72.6 Å². The fourth-order valence-corrected chi connectivity index (χ4v) is 6.15.